The van der Waals surface area contributed by atoms with Crippen molar-refractivity contribution in [3.05, 3.63) is 50.9 Å². The molecule has 2 aromatic rings. The Morgan fingerprint density at radius 3 is 2.71 bits per heavy atom. The maximum absolute atomic E-state index is 12.4. The van der Waals surface area contributed by atoms with Crippen molar-refractivity contribution in [2.75, 3.05) is 26.2 Å². The van der Waals surface area contributed by atoms with E-state index in [9.17, 15) is 4.79 Å². The molecule has 1 amide bonds. The van der Waals surface area contributed by atoms with E-state index in [1.807, 2.05) is 17.0 Å². The summed E-state index contributed by atoms with van der Waals surface area (Å²) in [5.41, 5.74) is 1.86. The molecule has 1 fully saturated rings. The fourth-order valence-corrected chi connectivity index (χ4v) is 3.44. The van der Waals surface area contributed by atoms with Crippen molar-refractivity contribution in [3.63, 3.8) is 0 Å². The molecule has 0 bridgehead atoms. The van der Waals surface area contributed by atoms with Gasteiger partial charge in [0.2, 0.25) is 0 Å². The van der Waals surface area contributed by atoms with Gasteiger partial charge in [0.15, 0.2) is 0 Å². The highest BCUT2D eigenvalue weighted by atomic mass is 79.9. The largest absolute Gasteiger partial charge is 0.335 e. The van der Waals surface area contributed by atoms with Crippen LogP contribution in [0.1, 0.15) is 16.1 Å². The van der Waals surface area contributed by atoms with Gasteiger partial charge >= 0.3 is 0 Å². The number of carbonyl (C=O) groups excluding carboxylic acids is 1. The third-order valence-electron chi connectivity index (χ3n) is 3.58. The fraction of sp³-hybridized carbons (Fsp3) is 0.333. The minimum atomic E-state index is 0.0199. The molecule has 21 heavy (non-hydrogen) atoms. The van der Waals surface area contributed by atoms with Gasteiger partial charge in [-0.3, -0.25) is 9.69 Å². The summed E-state index contributed by atoms with van der Waals surface area (Å²) >= 11 is 5.04. The topological polar surface area (TPSA) is 36.4 Å². The fourth-order valence-electron chi connectivity index (χ4n) is 2.44. The maximum atomic E-state index is 12.4. The SMILES string of the molecule is O=C(c1cccc(Br)n1)N1CCN(Cc2ccsc2)CC1. The summed E-state index contributed by atoms with van der Waals surface area (Å²) in [6.07, 6.45) is 0. The molecule has 0 saturated carbocycles. The molecular weight excluding hydrogens is 350 g/mol. The molecule has 0 aromatic carbocycles. The second kappa shape index (κ2) is 6.68. The van der Waals surface area contributed by atoms with Crippen LogP contribution in [-0.4, -0.2) is 46.9 Å². The number of amides is 1. The Bertz CT molecular complexity index is 609. The van der Waals surface area contributed by atoms with E-state index < -0.39 is 0 Å². The summed E-state index contributed by atoms with van der Waals surface area (Å²) in [5.74, 6) is 0.0199. The number of thiophene rings is 1. The first kappa shape index (κ1) is 14.7. The lowest BCUT2D eigenvalue weighted by atomic mass is 10.2. The first-order chi connectivity index (χ1) is 10.2. The summed E-state index contributed by atoms with van der Waals surface area (Å²) in [4.78, 5) is 20.9. The Morgan fingerprint density at radius 1 is 1.24 bits per heavy atom. The number of piperazine rings is 1. The van der Waals surface area contributed by atoms with Gasteiger partial charge in [-0.25, -0.2) is 4.98 Å². The number of halogens is 1. The van der Waals surface area contributed by atoms with Gasteiger partial charge in [0, 0.05) is 32.7 Å². The summed E-state index contributed by atoms with van der Waals surface area (Å²) in [7, 11) is 0. The van der Waals surface area contributed by atoms with E-state index in [0.29, 0.717) is 10.3 Å². The molecule has 0 N–H and O–H groups in total. The number of carbonyl (C=O) groups is 1. The van der Waals surface area contributed by atoms with E-state index >= 15 is 0 Å². The predicted octanol–water partition coefficient (Wildman–Crippen LogP) is 2.86. The lowest BCUT2D eigenvalue weighted by molar-refractivity contribution is 0.0622. The average molecular weight is 366 g/mol. The Kier molecular flexibility index (Phi) is 4.67. The highest BCUT2D eigenvalue weighted by Crippen LogP contribution is 2.14. The molecule has 0 radical (unpaired) electrons. The Morgan fingerprint density at radius 2 is 2.05 bits per heavy atom. The van der Waals surface area contributed by atoms with Crippen LogP contribution in [0.15, 0.2) is 39.6 Å². The molecule has 0 aliphatic carbocycles. The maximum Gasteiger partial charge on any atom is 0.272 e. The standard InChI is InChI=1S/C15H16BrN3OS/c16-14-3-1-2-13(17-14)15(20)19-7-5-18(6-8-19)10-12-4-9-21-11-12/h1-4,9,11H,5-8,10H2. The number of aromatic nitrogens is 1. The minimum absolute atomic E-state index is 0.0199. The van der Waals surface area contributed by atoms with Crippen LogP contribution in [-0.2, 0) is 6.54 Å². The van der Waals surface area contributed by atoms with Gasteiger partial charge in [0.25, 0.3) is 5.91 Å². The van der Waals surface area contributed by atoms with Gasteiger partial charge in [-0.15, -0.1) is 0 Å². The van der Waals surface area contributed by atoms with E-state index in [2.05, 4.69) is 42.6 Å². The van der Waals surface area contributed by atoms with Gasteiger partial charge in [-0.05, 0) is 50.5 Å². The molecule has 1 aliphatic rings. The molecule has 0 atom stereocenters. The van der Waals surface area contributed by atoms with E-state index in [-0.39, 0.29) is 5.91 Å². The molecule has 4 nitrogen and oxygen atoms in total. The van der Waals surface area contributed by atoms with E-state index in [1.165, 1.54) is 5.56 Å². The summed E-state index contributed by atoms with van der Waals surface area (Å²) in [6, 6.07) is 7.60. The van der Waals surface area contributed by atoms with Gasteiger partial charge < -0.3 is 4.90 Å². The number of rotatable bonds is 3. The van der Waals surface area contributed by atoms with Crippen molar-refractivity contribution >= 4 is 33.2 Å². The van der Waals surface area contributed by atoms with Crippen LogP contribution < -0.4 is 0 Å². The molecule has 110 valence electrons. The second-order valence-corrected chi connectivity index (χ2v) is 6.64. The van der Waals surface area contributed by atoms with Crippen LogP contribution in [0.5, 0.6) is 0 Å². The molecule has 3 heterocycles. The average Bonchev–Trinajstić information content (AvgIpc) is 3.00. The molecule has 2 aromatic heterocycles. The van der Waals surface area contributed by atoms with Gasteiger partial charge in [-0.1, -0.05) is 6.07 Å². The zero-order valence-electron chi connectivity index (χ0n) is 11.5. The molecule has 6 heteroatoms. The summed E-state index contributed by atoms with van der Waals surface area (Å²) < 4.78 is 0.699. The number of pyridine rings is 1. The lowest BCUT2D eigenvalue weighted by Crippen LogP contribution is -2.48. The van der Waals surface area contributed by atoms with Crippen molar-refractivity contribution in [1.82, 2.24) is 14.8 Å². The van der Waals surface area contributed by atoms with Crippen LogP contribution in [0, 0.1) is 0 Å². The number of hydrogen-bond acceptors (Lipinski definition) is 4. The van der Waals surface area contributed by atoms with Crippen LogP contribution >= 0.6 is 27.3 Å². The van der Waals surface area contributed by atoms with Crippen molar-refractivity contribution in [1.29, 1.82) is 0 Å². The first-order valence-electron chi connectivity index (χ1n) is 6.87. The quantitative estimate of drug-likeness (QED) is 0.784. The van der Waals surface area contributed by atoms with Gasteiger partial charge in [-0.2, -0.15) is 11.3 Å². The van der Waals surface area contributed by atoms with Crippen LogP contribution in [0.3, 0.4) is 0 Å². The molecule has 0 unspecified atom stereocenters. The minimum Gasteiger partial charge on any atom is -0.335 e. The monoisotopic (exact) mass is 365 g/mol. The Hall–Kier alpha value is -1.24. The number of hydrogen-bond donors (Lipinski definition) is 0. The van der Waals surface area contributed by atoms with Crippen LogP contribution in [0.4, 0.5) is 0 Å². The van der Waals surface area contributed by atoms with Crippen molar-refractivity contribution < 1.29 is 4.79 Å². The zero-order chi connectivity index (χ0) is 14.7. The van der Waals surface area contributed by atoms with Crippen molar-refractivity contribution in [3.8, 4) is 0 Å². The molecular formula is C15H16BrN3OS. The van der Waals surface area contributed by atoms with Crippen molar-refractivity contribution in [2.24, 2.45) is 0 Å². The molecule has 0 spiro atoms. The predicted molar refractivity (Wildman–Crippen MR) is 87.4 cm³/mol. The van der Waals surface area contributed by atoms with Gasteiger partial charge in [0.1, 0.15) is 10.3 Å². The lowest BCUT2D eigenvalue weighted by Gasteiger charge is -2.34. The molecule has 1 aliphatic heterocycles. The van der Waals surface area contributed by atoms with Crippen LogP contribution in [0.2, 0.25) is 0 Å². The Balaban J connectivity index is 1.57. The Labute approximate surface area is 136 Å². The van der Waals surface area contributed by atoms with E-state index in [4.69, 9.17) is 0 Å². The second-order valence-electron chi connectivity index (χ2n) is 5.05. The van der Waals surface area contributed by atoms with Crippen molar-refractivity contribution in [2.45, 2.75) is 6.54 Å². The highest BCUT2D eigenvalue weighted by Gasteiger charge is 2.23. The third kappa shape index (κ3) is 3.70. The molecule has 3 rings (SSSR count). The zero-order valence-corrected chi connectivity index (χ0v) is 13.9. The molecule has 1 saturated heterocycles. The highest BCUT2D eigenvalue weighted by molar-refractivity contribution is 9.10. The van der Waals surface area contributed by atoms with Gasteiger partial charge in [0.05, 0.1) is 0 Å². The van der Waals surface area contributed by atoms with Crippen LogP contribution in [0.25, 0.3) is 0 Å². The third-order valence-corrected chi connectivity index (χ3v) is 4.75. The van der Waals surface area contributed by atoms with E-state index in [1.54, 1.807) is 17.4 Å². The van der Waals surface area contributed by atoms with E-state index in [0.717, 1.165) is 32.7 Å². The normalized spacial score (nSPS) is 16.1. The first-order valence-corrected chi connectivity index (χ1v) is 8.61. The summed E-state index contributed by atoms with van der Waals surface area (Å²) in [6.45, 7) is 4.32. The summed E-state index contributed by atoms with van der Waals surface area (Å²) in [5, 5.41) is 4.29. The number of nitrogens with zero attached hydrogens (tertiary/aromatic N) is 3. The smallest absolute Gasteiger partial charge is 0.272 e.